The first-order valence-corrected chi connectivity index (χ1v) is 2.41. The summed E-state index contributed by atoms with van der Waals surface area (Å²) in [6.07, 6.45) is 0. The molecule has 0 amide bonds. The van der Waals surface area contributed by atoms with Crippen LogP contribution in [-0.2, 0) is 4.79 Å². The van der Waals surface area contributed by atoms with Crippen molar-refractivity contribution in [3.63, 3.8) is 0 Å². The summed E-state index contributed by atoms with van der Waals surface area (Å²) in [5.41, 5.74) is 3.60. The van der Waals surface area contributed by atoms with Gasteiger partial charge in [0.1, 0.15) is 0 Å². The number of rotatable bonds is 2. The second kappa shape index (κ2) is 2.46. The minimum absolute atomic E-state index is 0.154. The molecular weight excluding hydrogens is 120 g/mol. The third kappa shape index (κ3) is 1.40. The Labute approximate surface area is 52.9 Å². The van der Waals surface area contributed by atoms with Crippen molar-refractivity contribution < 1.29 is 9.90 Å². The van der Waals surface area contributed by atoms with E-state index in [1.807, 2.05) is 0 Å². The number of nitriles is 1. The fourth-order valence-electron chi connectivity index (χ4n) is 0.181. The summed E-state index contributed by atoms with van der Waals surface area (Å²) < 4.78 is 0. The van der Waals surface area contributed by atoms with E-state index in [9.17, 15) is 4.79 Å². The average molecular weight is 128 g/mol. The summed E-state index contributed by atoms with van der Waals surface area (Å²) in [7, 11) is 0. The van der Waals surface area contributed by atoms with E-state index in [1.165, 1.54) is 6.92 Å². The molecule has 0 saturated carbocycles. The van der Waals surface area contributed by atoms with Crippen LogP contribution >= 0.6 is 0 Å². The van der Waals surface area contributed by atoms with Crippen molar-refractivity contribution in [1.29, 1.82) is 5.26 Å². The number of nitrogens with two attached hydrogens (primary N) is 1. The van der Waals surface area contributed by atoms with Crippen LogP contribution in [-0.4, -0.2) is 17.6 Å². The van der Waals surface area contributed by atoms with Gasteiger partial charge in [0, 0.05) is 6.54 Å². The van der Waals surface area contributed by atoms with Gasteiger partial charge in [-0.15, -0.1) is 0 Å². The molecule has 0 unspecified atom stereocenters. The minimum atomic E-state index is -1.42. The minimum Gasteiger partial charge on any atom is -0.480 e. The van der Waals surface area contributed by atoms with E-state index in [2.05, 4.69) is 0 Å². The van der Waals surface area contributed by atoms with Crippen molar-refractivity contribution in [1.82, 2.24) is 0 Å². The molecule has 0 saturated heterocycles. The second-order valence-electron chi connectivity index (χ2n) is 1.95. The topological polar surface area (TPSA) is 87.1 Å². The van der Waals surface area contributed by atoms with Crippen molar-refractivity contribution in [2.75, 3.05) is 6.54 Å². The lowest BCUT2D eigenvalue weighted by Gasteiger charge is -2.10. The van der Waals surface area contributed by atoms with Crippen molar-refractivity contribution in [3.8, 4) is 6.07 Å². The molecular formula is C5H8N2O2. The highest BCUT2D eigenvalue weighted by Crippen LogP contribution is 2.11. The van der Waals surface area contributed by atoms with Gasteiger partial charge in [-0.1, -0.05) is 0 Å². The first kappa shape index (κ1) is 7.92. The van der Waals surface area contributed by atoms with E-state index in [-0.39, 0.29) is 6.54 Å². The Morgan fingerprint density at radius 2 is 2.44 bits per heavy atom. The normalized spacial score (nSPS) is 15.7. The molecule has 1 atom stereocenters. The van der Waals surface area contributed by atoms with Gasteiger partial charge in [-0.3, -0.25) is 4.79 Å². The fraction of sp³-hybridized carbons (Fsp3) is 0.600. The first-order valence-electron chi connectivity index (χ1n) is 2.41. The molecule has 0 heterocycles. The Morgan fingerprint density at radius 1 is 2.00 bits per heavy atom. The monoisotopic (exact) mass is 128 g/mol. The van der Waals surface area contributed by atoms with Crippen LogP contribution in [0.25, 0.3) is 0 Å². The van der Waals surface area contributed by atoms with Crippen LogP contribution < -0.4 is 5.73 Å². The smallest absolute Gasteiger partial charge is 0.325 e. The zero-order valence-corrected chi connectivity index (χ0v) is 5.09. The number of carboxylic acids is 1. The van der Waals surface area contributed by atoms with Crippen molar-refractivity contribution in [2.45, 2.75) is 6.92 Å². The SMILES string of the molecule is C[C@](C#N)(CN)C(=O)O. The molecule has 4 heteroatoms. The molecule has 0 aromatic heterocycles. The van der Waals surface area contributed by atoms with Gasteiger partial charge < -0.3 is 10.8 Å². The number of nitrogens with zero attached hydrogens (tertiary/aromatic N) is 1. The predicted octanol–water partition coefficient (Wildman–Crippen LogP) is -0.440. The van der Waals surface area contributed by atoms with Crippen LogP contribution in [0.4, 0.5) is 0 Å². The summed E-state index contributed by atoms with van der Waals surface area (Å²) in [4.78, 5) is 10.2. The van der Waals surface area contributed by atoms with Crippen LogP contribution in [0.5, 0.6) is 0 Å². The lowest BCUT2D eigenvalue weighted by Crippen LogP contribution is -2.33. The molecule has 0 aliphatic heterocycles. The summed E-state index contributed by atoms with van der Waals surface area (Å²) in [5, 5.41) is 16.6. The van der Waals surface area contributed by atoms with E-state index >= 15 is 0 Å². The van der Waals surface area contributed by atoms with E-state index < -0.39 is 11.4 Å². The molecule has 50 valence electrons. The second-order valence-corrected chi connectivity index (χ2v) is 1.95. The molecule has 0 bridgehead atoms. The number of carbonyl (C=O) groups is 1. The molecule has 0 aromatic carbocycles. The van der Waals surface area contributed by atoms with Gasteiger partial charge in [0.2, 0.25) is 0 Å². The third-order valence-electron chi connectivity index (χ3n) is 1.13. The molecule has 3 N–H and O–H groups in total. The van der Waals surface area contributed by atoms with Crippen LogP contribution in [0.1, 0.15) is 6.92 Å². The van der Waals surface area contributed by atoms with Gasteiger partial charge in [0.05, 0.1) is 6.07 Å². The molecule has 0 aromatic rings. The number of aliphatic carboxylic acids is 1. The highest BCUT2D eigenvalue weighted by Gasteiger charge is 2.30. The fourth-order valence-corrected chi connectivity index (χ4v) is 0.181. The Bertz CT molecular complexity index is 161. The van der Waals surface area contributed by atoms with Crippen molar-refractivity contribution >= 4 is 5.97 Å². The van der Waals surface area contributed by atoms with Gasteiger partial charge in [-0.25, -0.2) is 0 Å². The maximum Gasteiger partial charge on any atom is 0.325 e. The largest absolute Gasteiger partial charge is 0.480 e. The zero-order valence-electron chi connectivity index (χ0n) is 5.09. The number of carboxylic acid groups (broad SMARTS) is 1. The zero-order chi connectivity index (χ0) is 7.49. The Kier molecular flexibility index (Phi) is 2.17. The average Bonchev–Trinajstić information content (AvgIpc) is 1.86. The molecule has 9 heavy (non-hydrogen) atoms. The first-order chi connectivity index (χ1) is 4.06. The van der Waals surface area contributed by atoms with Crippen LogP contribution in [0.3, 0.4) is 0 Å². The molecule has 0 rings (SSSR count). The Hall–Kier alpha value is -1.08. The summed E-state index contributed by atoms with van der Waals surface area (Å²) in [6.45, 7) is 1.13. The quantitative estimate of drug-likeness (QED) is 0.527. The lowest BCUT2D eigenvalue weighted by molar-refractivity contribution is -0.144. The Morgan fingerprint density at radius 3 is 2.44 bits per heavy atom. The highest BCUT2D eigenvalue weighted by molar-refractivity contribution is 5.77. The van der Waals surface area contributed by atoms with E-state index in [4.69, 9.17) is 16.1 Å². The predicted molar refractivity (Wildman–Crippen MR) is 30.4 cm³/mol. The van der Waals surface area contributed by atoms with E-state index in [1.54, 1.807) is 6.07 Å². The maximum atomic E-state index is 10.2. The lowest BCUT2D eigenvalue weighted by atomic mass is 9.94. The van der Waals surface area contributed by atoms with Gasteiger partial charge >= 0.3 is 5.97 Å². The standard InChI is InChI=1S/C5H8N2O2/c1-5(2-6,3-7)4(8)9/h2,6H2,1H3,(H,8,9)/t5-/m1/s1. The van der Waals surface area contributed by atoms with Gasteiger partial charge in [0.15, 0.2) is 5.41 Å². The van der Waals surface area contributed by atoms with Gasteiger partial charge in [-0.2, -0.15) is 5.26 Å². The highest BCUT2D eigenvalue weighted by atomic mass is 16.4. The van der Waals surface area contributed by atoms with Crippen molar-refractivity contribution in [3.05, 3.63) is 0 Å². The van der Waals surface area contributed by atoms with Crippen LogP contribution in [0.15, 0.2) is 0 Å². The Balaban J connectivity index is 4.33. The molecule has 0 radical (unpaired) electrons. The molecule has 0 spiro atoms. The van der Waals surface area contributed by atoms with E-state index in [0.29, 0.717) is 0 Å². The van der Waals surface area contributed by atoms with Gasteiger partial charge in [-0.05, 0) is 6.92 Å². The number of hydrogen-bond donors (Lipinski definition) is 2. The summed E-state index contributed by atoms with van der Waals surface area (Å²) >= 11 is 0. The molecule has 0 fully saturated rings. The maximum absolute atomic E-state index is 10.2. The van der Waals surface area contributed by atoms with Crippen molar-refractivity contribution in [2.24, 2.45) is 11.1 Å². The van der Waals surface area contributed by atoms with Crippen LogP contribution in [0, 0.1) is 16.7 Å². The number of hydrogen-bond acceptors (Lipinski definition) is 3. The summed E-state index contributed by atoms with van der Waals surface area (Å²) in [6, 6.07) is 1.60. The van der Waals surface area contributed by atoms with Gasteiger partial charge in [0.25, 0.3) is 0 Å². The molecule has 0 aliphatic rings. The molecule has 0 aliphatic carbocycles. The van der Waals surface area contributed by atoms with E-state index in [0.717, 1.165) is 0 Å². The van der Waals surface area contributed by atoms with Crippen LogP contribution in [0.2, 0.25) is 0 Å². The summed E-state index contributed by atoms with van der Waals surface area (Å²) in [5.74, 6) is -1.17. The molecule has 4 nitrogen and oxygen atoms in total. The third-order valence-corrected chi connectivity index (χ3v) is 1.13.